The number of halogens is 3. The molecule has 0 spiro atoms. The number of allylic oxidation sites excluding steroid dienone is 1. The van der Waals surface area contributed by atoms with Gasteiger partial charge < -0.3 is 4.74 Å². The van der Waals surface area contributed by atoms with E-state index in [9.17, 15) is 28.0 Å². The zero-order chi connectivity index (χ0) is 14.8. The standard InChI is InChI=1S/C11H14F3NO4/c1-3-15(18)8-5-6(16)4-7(11(12,13)14)9(8)10(17)19-2/h5,7,9,18H,3-4H2,1-2H3. The summed E-state index contributed by atoms with van der Waals surface area (Å²) in [6, 6.07) is 0. The first-order chi connectivity index (χ1) is 8.72. The minimum absolute atomic E-state index is 0.0583. The lowest BCUT2D eigenvalue weighted by Gasteiger charge is -2.34. The van der Waals surface area contributed by atoms with Gasteiger partial charge in [0.05, 0.1) is 18.7 Å². The average Bonchev–Trinajstić information content (AvgIpc) is 2.34. The molecule has 0 saturated heterocycles. The number of nitrogens with zero attached hydrogens (tertiary/aromatic N) is 1. The van der Waals surface area contributed by atoms with Crippen molar-refractivity contribution < 1.29 is 32.7 Å². The lowest BCUT2D eigenvalue weighted by atomic mass is 9.80. The van der Waals surface area contributed by atoms with E-state index < -0.39 is 36.2 Å². The number of methoxy groups -OCH3 is 1. The normalized spacial score (nSPS) is 23.9. The van der Waals surface area contributed by atoms with E-state index in [1.807, 2.05) is 0 Å². The first kappa shape index (κ1) is 15.5. The van der Waals surface area contributed by atoms with Crippen molar-refractivity contribution in [1.82, 2.24) is 5.06 Å². The summed E-state index contributed by atoms with van der Waals surface area (Å²) in [6.07, 6.45) is -4.71. The summed E-state index contributed by atoms with van der Waals surface area (Å²) in [4.78, 5) is 22.9. The Hall–Kier alpha value is -1.57. The van der Waals surface area contributed by atoms with E-state index in [0.717, 1.165) is 13.2 Å². The Bertz CT molecular complexity index is 405. The summed E-state index contributed by atoms with van der Waals surface area (Å²) in [7, 11) is 0.956. The molecule has 1 rings (SSSR count). The van der Waals surface area contributed by atoms with Gasteiger partial charge in [-0.25, -0.2) is 0 Å². The third kappa shape index (κ3) is 3.25. The van der Waals surface area contributed by atoms with Gasteiger partial charge in [-0.05, 0) is 6.92 Å². The van der Waals surface area contributed by atoms with Crippen LogP contribution in [0.1, 0.15) is 13.3 Å². The molecule has 0 saturated carbocycles. The second-order valence-corrected chi connectivity index (χ2v) is 4.10. The number of hydrogen-bond acceptors (Lipinski definition) is 5. The molecule has 108 valence electrons. The predicted molar refractivity (Wildman–Crippen MR) is 56.9 cm³/mol. The fourth-order valence-corrected chi connectivity index (χ4v) is 1.99. The van der Waals surface area contributed by atoms with Gasteiger partial charge in [0, 0.05) is 19.0 Å². The Balaban J connectivity index is 3.26. The van der Waals surface area contributed by atoms with Crippen molar-refractivity contribution in [3.8, 4) is 0 Å². The number of ketones is 1. The molecule has 0 fully saturated rings. The second kappa shape index (κ2) is 5.60. The summed E-state index contributed by atoms with van der Waals surface area (Å²) in [6.45, 7) is 1.41. The van der Waals surface area contributed by atoms with Gasteiger partial charge >= 0.3 is 12.1 Å². The topological polar surface area (TPSA) is 66.8 Å². The van der Waals surface area contributed by atoms with Gasteiger partial charge in [-0.2, -0.15) is 13.2 Å². The van der Waals surface area contributed by atoms with Crippen LogP contribution in [0.15, 0.2) is 11.8 Å². The molecule has 0 bridgehead atoms. The van der Waals surface area contributed by atoms with E-state index in [1.165, 1.54) is 6.92 Å². The van der Waals surface area contributed by atoms with Crippen LogP contribution in [0.4, 0.5) is 13.2 Å². The van der Waals surface area contributed by atoms with Crippen LogP contribution in [-0.4, -0.2) is 41.9 Å². The second-order valence-electron chi connectivity index (χ2n) is 4.10. The third-order valence-electron chi connectivity index (χ3n) is 2.92. The fourth-order valence-electron chi connectivity index (χ4n) is 1.99. The first-order valence-corrected chi connectivity index (χ1v) is 5.57. The smallest absolute Gasteiger partial charge is 0.393 e. The minimum Gasteiger partial charge on any atom is -0.468 e. The van der Waals surface area contributed by atoms with Crippen LogP contribution in [-0.2, 0) is 14.3 Å². The Morgan fingerprint density at radius 1 is 1.58 bits per heavy atom. The molecule has 0 heterocycles. The van der Waals surface area contributed by atoms with Crippen LogP contribution >= 0.6 is 0 Å². The summed E-state index contributed by atoms with van der Waals surface area (Å²) in [5.41, 5.74) is -0.382. The average molecular weight is 281 g/mol. The van der Waals surface area contributed by atoms with Crippen LogP contribution in [0.5, 0.6) is 0 Å². The van der Waals surface area contributed by atoms with Crippen molar-refractivity contribution in [2.75, 3.05) is 13.7 Å². The molecular formula is C11H14F3NO4. The van der Waals surface area contributed by atoms with Gasteiger partial charge in [0.2, 0.25) is 0 Å². The highest BCUT2D eigenvalue weighted by molar-refractivity contribution is 5.94. The highest BCUT2D eigenvalue weighted by Crippen LogP contribution is 2.42. The number of alkyl halides is 3. The predicted octanol–water partition coefficient (Wildman–Crippen LogP) is 1.52. The molecule has 1 N–H and O–H groups in total. The van der Waals surface area contributed by atoms with E-state index in [0.29, 0.717) is 5.06 Å². The Labute approximate surface area is 107 Å². The molecule has 8 heteroatoms. The van der Waals surface area contributed by atoms with Crippen LogP contribution < -0.4 is 0 Å². The van der Waals surface area contributed by atoms with Gasteiger partial charge in [0.25, 0.3) is 0 Å². The Morgan fingerprint density at radius 3 is 2.58 bits per heavy atom. The molecule has 5 nitrogen and oxygen atoms in total. The lowest BCUT2D eigenvalue weighted by molar-refractivity contribution is -0.203. The molecule has 0 radical (unpaired) electrons. The number of ether oxygens (including phenoxy) is 1. The van der Waals surface area contributed by atoms with Crippen molar-refractivity contribution in [2.24, 2.45) is 11.8 Å². The molecule has 1 aliphatic carbocycles. The van der Waals surface area contributed by atoms with Crippen molar-refractivity contribution in [1.29, 1.82) is 0 Å². The number of carbonyl (C=O) groups excluding carboxylic acids is 2. The SMILES string of the molecule is CCN(O)C1=CC(=O)CC(C(F)(F)F)C1C(=O)OC. The molecule has 2 unspecified atom stereocenters. The number of hydroxylamine groups is 2. The number of carbonyl (C=O) groups is 2. The van der Waals surface area contributed by atoms with Gasteiger partial charge in [0.1, 0.15) is 5.92 Å². The third-order valence-corrected chi connectivity index (χ3v) is 2.92. The van der Waals surface area contributed by atoms with Crippen LogP contribution in [0, 0.1) is 11.8 Å². The quantitative estimate of drug-likeness (QED) is 0.627. The summed E-state index contributed by atoms with van der Waals surface area (Å²) < 4.78 is 43.1. The fraction of sp³-hybridized carbons (Fsp3) is 0.636. The van der Waals surface area contributed by atoms with E-state index in [2.05, 4.69) is 4.74 Å². The maximum absolute atomic E-state index is 12.9. The molecular weight excluding hydrogens is 267 g/mol. The summed E-state index contributed by atoms with van der Waals surface area (Å²) >= 11 is 0. The number of rotatable bonds is 3. The van der Waals surface area contributed by atoms with Gasteiger partial charge in [0.15, 0.2) is 5.78 Å². The summed E-state index contributed by atoms with van der Waals surface area (Å²) in [5.74, 6) is -5.83. The zero-order valence-corrected chi connectivity index (χ0v) is 10.4. The van der Waals surface area contributed by atoms with Crippen LogP contribution in [0.2, 0.25) is 0 Å². The zero-order valence-electron chi connectivity index (χ0n) is 10.4. The molecule has 19 heavy (non-hydrogen) atoms. The molecule has 0 aromatic heterocycles. The van der Waals surface area contributed by atoms with Crippen LogP contribution in [0.25, 0.3) is 0 Å². The maximum Gasteiger partial charge on any atom is 0.393 e. The Kier molecular flexibility index (Phi) is 4.56. The maximum atomic E-state index is 12.9. The van der Waals surface area contributed by atoms with Crippen LogP contribution in [0.3, 0.4) is 0 Å². The molecule has 0 aliphatic heterocycles. The minimum atomic E-state index is -4.73. The lowest BCUT2D eigenvalue weighted by Crippen LogP contribution is -2.44. The highest BCUT2D eigenvalue weighted by Gasteiger charge is 2.52. The molecule has 0 aromatic carbocycles. The Morgan fingerprint density at radius 2 is 2.16 bits per heavy atom. The largest absolute Gasteiger partial charge is 0.468 e. The van der Waals surface area contributed by atoms with E-state index >= 15 is 0 Å². The van der Waals surface area contributed by atoms with Crippen molar-refractivity contribution in [2.45, 2.75) is 19.5 Å². The van der Waals surface area contributed by atoms with Crippen molar-refractivity contribution in [3.05, 3.63) is 11.8 Å². The molecule has 1 aliphatic rings. The van der Waals surface area contributed by atoms with Crippen molar-refractivity contribution >= 4 is 11.8 Å². The van der Waals surface area contributed by atoms with E-state index in [1.54, 1.807) is 0 Å². The van der Waals surface area contributed by atoms with Gasteiger partial charge in [-0.1, -0.05) is 0 Å². The molecule has 0 amide bonds. The van der Waals surface area contributed by atoms with E-state index in [-0.39, 0.29) is 12.2 Å². The molecule has 2 atom stereocenters. The van der Waals surface area contributed by atoms with Crippen molar-refractivity contribution in [3.63, 3.8) is 0 Å². The molecule has 0 aromatic rings. The van der Waals surface area contributed by atoms with Gasteiger partial charge in [-0.3, -0.25) is 19.9 Å². The van der Waals surface area contributed by atoms with E-state index in [4.69, 9.17) is 0 Å². The summed E-state index contributed by atoms with van der Waals surface area (Å²) in [5, 5.41) is 9.99. The first-order valence-electron chi connectivity index (χ1n) is 5.57. The number of hydrogen-bond donors (Lipinski definition) is 1. The van der Waals surface area contributed by atoms with Gasteiger partial charge in [-0.15, -0.1) is 0 Å². The number of esters is 1. The highest BCUT2D eigenvalue weighted by atomic mass is 19.4. The monoisotopic (exact) mass is 281 g/mol.